The minimum atomic E-state index is -5.05. The van der Waals surface area contributed by atoms with Gasteiger partial charge in [0.25, 0.3) is 5.91 Å². The van der Waals surface area contributed by atoms with Crippen molar-refractivity contribution in [3.8, 4) is 5.75 Å². The zero-order valence-electron chi connectivity index (χ0n) is 21.8. The molecular formula is C26H32F3N3O7. The molecule has 1 aromatic rings. The van der Waals surface area contributed by atoms with Crippen molar-refractivity contribution in [2.75, 3.05) is 26.8 Å². The molecule has 39 heavy (non-hydrogen) atoms. The van der Waals surface area contributed by atoms with Crippen molar-refractivity contribution in [3.63, 3.8) is 0 Å². The van der Waals surface area contributed by atoms with Crippen molar-refractivity contribution >= 4 is 23.5 Å². The quantitative estimate of drug-likeness (QED) is 0.397. The number of carbonyl (C=O) groups excluding carboxylic acids is 4. The van der Waals surface area contributed by atoms with Crippen LogP contribution in [-0.4, -0.2) is 78.8 Å². The van der Waals surface area contributed by atoms with Crippen molar-refractivity contribution in [1.82, 2.24) is 15.5 Å². The zero-order valence-corrected chi connectivity index (χ0v) is 21.8. The third-order valence-corrected chi connectivity index (χ3v) is 8.19. The number of fused-ring (bicyclic) bond motifs is 1. The average Bonchev–Trinajstić information content (AvgIpc) is 3.22. The number of rotatable bonds is 10. The Kier molecular flexibility index (Phi) is 7.95. The van der Waals surface area contributed by atoms with Crippen LogP contribution in [-0.2, 0) is 23.9 Å². The molecule has 0 aromatic heterocycles. The first-order chi connectivity index (χ1) is 18.3. The largest absolute Gasteiger partial charge is 0.522 e. The standard InChI is InChI=1S/C26H32F3N3O7/c1-25(2)15-11-32(24(37)21(34)14-6-4-5-7-18(14)38-3)20(19(15)25)23(36)31-16(10-13-8-9-30-22(13)35)17(33)12-39-26(27,28)29/h4-7,13,15-16,19-21,34H,8-12H2,1-3H3,(H,30,35)(H,31,36)/t13-,15-,16?,19-,20-,21?/m0/s1. The fourth-order valence-electron chi connectivity index (χ4n) is 5.93. The molecule has 3 fully saturated rings. The number of Topliss-reactive ketones (excluding diaryl/α,β-unsaturated/α-hetero) is 1. The molecular weight excluding hydrogens is 523 g/mol. The molecule has 10 nitrogen and oxygen atoms in total. The number of alkyl halides is 3. The molecule has 0 radical (unpaired) electrons. The Labute approximate surface area is 223 Å². The van der Waals surface area contributed by atoms with E-state index in [0.29, 0.717) is 13.0 Å². The van der Waals surface area contributed by atoms with E-state index >= 15 is 0 Å². The molecule has 214 valence electrons. The van der Waals surface area contributed by atoms with Gasteiger partial charge in [0.1, 0.15) is 18.4 Å². The van der Waals surface area contributed by atoms with Crippen molar-refractivity contribution < 1.29 is 46.9 Å². The normalized spacial score (nSPS) is 26.8. The second-order valence-electron chi connectivity index (χ2n) is 10.8. The second kappa shape index (κ2) is 10.8. The van der Waals surface area contributed by atoms with Crippen LogP contribution in [0.5, 0.6) is 5.75 Å². The number of piperidine rings is 1. The maximum absolute atomic E-state index is 13.6. The molecule has 2 unspecified atom stereocenters. The Hall–Kier alpha value is -3.19. The van der Waals surface area contributed by atoms with Gasteiger partial charge >= 0.3 is 6.36 Å². The summed E-state index contributed by atoms with van der Waals surface area (Å²) in [6.45, 7) is 3.07. The maximum atomic E-state index is 13.6. The zero-order chi connectivity index (χ0) is 28.7. The summed E-state index contributed by atoms with van der Waals surface area (Å²) >= 11 is 0. The average molecular weight is 556 g/mol. The predicted molar refractivity (Wildman–Crippen MR) is 129 cm³/mol. The van der Waals surface area contributed by atoms with Gasteiger partial charge in [0.2, 0.25) is 11.8 Å². The van der Waals surface area contributed by atoms with Crippen molar-refractivity contribution in [1.29, 1.82) is 0 Å². The van der Waals surface area contributed by atoms with Gasteiger partial charge in [-0.3, -0.25) is 23.9 Å². The van der Waals surface area contributed by atoms with Gasteiger partial charge in [0.05, 0.1) is 13.2 Å². The lowest BCUT2D eigenvalue weighted by molar-refractivity contribution is -0.321. The summed E-state index contributed by atoms with van der Waals surface area (Å²) in [4.78, 5) is 53.1. The number of aliphatic hydroxyl groups is 1. The molecule has 3 aliphatic rings. The third-order valence-electron chi connectivity index (χ3n) is 8.19. The minimum absolute atomic E-state index is 0.0506. The summed E-state index contributed by atoms with van der Waals surface area (Å²) in [5.41, 5.74) is -0.0908. The molecule has 6 atom stereocenters. The van der Waals surface area contributed by atoms with Gasteiger partial charge in [-0.25, -0.2) is 0 Å². The van der Waals surface area contributed by atoms with E-state index in [1.54, 1.807) is 18.2 Å². The van der Waals surface area contributed by atoms with Gasteiger partial charge in [-0.05, 0) is 36.2 Å². The third kappa shape index (κ3) is 5.88. The molecule has 2 aliphatic heterocycles. The molecule has 2 saturated heterocycles. The number of ketones is 1. The van der Waals surface area contributed by atoms with Gasteiger partial charge in [-0.1, -0.05) is 32.0 Å². The fraction of sp³-hybridized carbons (Fsp3) is 0.615. The van der Waals surface area contributed by atoms with E-state index in [-0.39, 0.29) is 47.4 Å². The molecule has 0 spiro atoms. The maximum Gasteiger partial charge on any atom is 0.522 e. The van der Waals surface area contributed by atoms with Crippen LogP contribution in [0.25, 0.3) is 0 Å². The molecule has 0 bridgehead atoms. The summed E-state index contributed by atoms with van der Waals surface area (Å²) in [5, 5.41) is 16.0. The smallest absolute Gasteiger partial charge is 0.496 e. The highest BCUT2D eigenvalue weighted by Gasteiger charge is 2.69. The van der Waals surface area contributed by atoms with Crippen LogP contribution in [0.4, 0.5) is 13.2 Å². The summed E-state index contributed by atoms with van der Waals surface area (Å²) in [6, 6.07) is 3.90. The van der Waals surface area contributed by atoms with Crippen molar-refractivity contribution in [3.05, 3.63) is 29.8 Å². The van der Waals surface area contributed by atoms with E-state index in [1.165, 1.54) is 18.1 Å². The van der Waals surface area contributed by atoms with Crippen LogP contribution in [0.2, 0.25) is 0 Å². The Bertz CT molecular complexity index is 1140. The number of nitrogens with zero attached hydrogens (tertiary/aromatic N) is 1. The van der Waals surface area contributed by atoms with E-state index < -0.39 is 54.7 Å². The minimum Gasteiger partial charge on any atom is -0.496 e. The van der Waals surface area contributed by atoms with Crippen LogP contribution >= 0.6 is 0 Å². The number of amides is 3. The molecule has 4 rings (SSSR count). The number of hydrogen-bond acceptors (Lipinski definition) is 7. The molecule has 1 aliphatic carbocycles. The first-order valence-corrected chi connectivity index (χ1v) is 12.7. The first-order valence-electron chi connectivity index (χ1n) is 12.7. The molecule has 2 heterocycles. The van der Waals surface area contributed by atoms with Crippen LogP contribution in [0.3, 0.4) is 0 Å². The van der Waals surface area contributed by atoms with Gasteiger partial charge in [-0.15, -0.1) is 13.2 Å². The highest BCUT2D eigenvalue weighted by atomic mass is 19.4. The fourth-order valence-corrected chi connectivity index (χ4v) is 5.93. The van der Waals surface area contributed by atoms with E-state index in [1.807, 2.05) is 13.8 Å². The highest BCUT2D eigenvalue weighted by Crippen LogP contribution is 2.65. The number of ether oxygens (including phenoxy) is 2. The summed E-state index contributed by atoms with van der Waals surface area (Å²) in [6.07, 6.45) is -6.53. The lowest BCUT2D eigenvalue weighted by atomic mass is 9.94. The number of halogens is 3. The van der Waals surface area contributed by atoms with Gasteiger partial charge in [0, 0.05) is 24.6 Å². The Morgan fingerprint density at radius 1 is 1.26 bits per heavy atom. The molecule has 3 N–H and O–H groups in total. The van der Waals surface area contributed by atoms with Crippen molar-refractivity contribution in [2.24, 2.45) is 23.2 Å². The van der Waals surface area contributed by atoms with Crippen LogP contribution in [0.1, 0.15) is 38.4 Å². The van der Waals surface area contributed by atoms with E-state index in [9.17, 15) is 37.5 Å². The number of likely N-dealkylation sites (tertiary alicyclic amines) is 1. The first kappa shape index (κ1) is 28.8. The number of para-hydroxylation sites is 1. The topological polar surface area (TPSA) is 134 Å². The molecule has 13 heteroatoms. The SMILES string of the molecule is COc1ccccc1C(O)C(=O)N1C[C@H]2[C@@H]([C@H]1C(=O)NC(C[C@@H]1CCNC1=O)C(=O)COC(F)(F)F)C2(C)C. The van der Waals surface area contributed by atoms with Crippen LogP contribution in [0.15, 0.2) is 24.3 Å². The summed E-state index contributed by atoms with van der Waals surface area (Å²) in [5.74, 6) is -3.61. The molecule has 1 saturated carbocycles. The lowest BCUT2D eigenvalue weighted by Crippen LogP contribution is -2.55. The van der Waals surface area contributed by atoms with Gasteiger partial charge in [-0.2, -0.15) is 0 Å². The monoisotopic (exact) mass is 555 g/mol. The van der Waals surface area contributed by atoms with Gasteiger partial charge in [0.15, 0.2) is 11.9 Å². The number of nitrogens with one attached hydrogen (secondary N) is 2. The van der Waals surface area contributed by atoms with E-state index in [2.05, 4.69) is 15.4 Å². The molecule has 3 amide bonds. The number of benzene rings is 1. The van der Waals surface area contributed by atoms with Gasteiger partial charge < -0.3 is 25.4 Å². The summed E-state index contributed by atoms with van der Waals surface area (Å²) < 4.78 is 46.7. The Balaban J connectivity index is 1.55. The molecule has 1 aromatic carbocycles. The number of aliphatic hydroxyl groups excluding tert-OH is 1. The van der Waals surface area contributed by atoms with E-state index in [4.69, 9.17) is 4.74 Å². The van der Waals surface area contributed by atoms with Crippen LogP contribution < -0.4 is 15.4 Å². The number of hydrogen-bond donors (Lipinski definition) is 3. The highest BCUT2D eigenvalue weighted by molar-refractivity contribution is 5.95. The van der Waals surface area contributed by atoms with Crippen molar-refractivity contribution in [2.45, 2.75) is 51.2 Å². The predicted octanol–water partition coefficient (Wildman–Crippen LogP) is 1.33. The number of methoxy groups -OCH3 is 1. The second-order valence-corrected chi connectivity index (χ2v) is 10.8. The van der Waals surface area contributed by atoms with E-state index in [0.717, 1.165) is 0 Å². The summed E-state index contributed by atoms with van der Waals surface area (Å²) in [7, 11) is 1.39. The van der Waals surface area contributed by atoms with Crippen LogP contribution in [0, 0.1) is 23.2 Å². The Morgan fingerprint density at radius 2 is 1.95 bits per heavy atom. The number of carbonyl (C=O) groups is 4. The Morgan fingerprint density at radius 3 is 2.56 bits per heavy atom. The lowest BCUT2D eigenvalue weighted by Gasteiger charge is -2.33.